The number of fused-ring (bicyclic) bond motifs is 1. The van der Waals surface area contributed by atoms with Crippen molar-refractivity contribution in [3.8, 4) is 0 Å². The molecule has 2 heterocycles. The van der Waals surface area contributed by atoms with Crippen LogP contribution in [0.15, 0.2) is 30.5 Å². The molecule has 1 aliphatic rings. The molecule has 2 unspecified atom stereocenters. The minimum absolute atomic E-state index is 0.422. The molecule has 2 aromatic rings. The van der Waals surface area contributed by atoms with Crippen LogP contribution in [-0.4, -0.2) is 16.3 Å². The molecule has 0 spiro atoms. The number of hydrogen-bond acceptors (Lipinski definition) is 2. The van der Waals surface area contributed by atoms with Crippen molar-refractivity contribution in [3.05, 3.63) is 52.8 Å². The molecule has 0 amide bonds. The summed E-state index contributed by atoms with van der Waals surface area (Å²) >= 11 is 0. The lowest BCUT2D eigenvalue weighted by molar-refractivity contribution is 0.507. The average Bonchev–Trinajstić information content (AvgIpc) is 2.71. The third-order valence-corrected chi connectivity index (χ3v) is 4.11. The van der Waals surface area contributed by atoms with Gasteiger partial charge in [0.15, 0.2) is 0 Å². The number of benzene rings is 1. The van der Waals surface area contributed by atoms with Crippen molar-refractivity contribution in [1.29, 1.82) is 0 Å². The Morgan fingerprint density at radius 3 is 2.61 bits per heavy atom. The minimum Gasteiger partial charge on any atom is -0.309 e. The quantitative estimate of drug-likeness (QED) is 0.831. The summed E-state index contributed by atoms with van der Waals surface area (Å²) in [4.78, 5) is 0. The molecule has 1 aromatic carbocycles. The van der Waals surface area contributed by atoms with E-state index in [1.165, 1.54) is 22.4 Å². The Balaban J connectivity index is 2.10. The van der Waals surface area contributed by atoms with Crippen molar-refractivity contribution < 1.29 is 0 Å². The van der Waals surface area contributed by atoms with Gasteiger partial charge in [0.2, 0.25) is 0 Å². The molecule has 18 heavy (non-hydrogen) atoms. The zero-order valence-corrected chi connectivity index (χ0v) is 11.1. The zero-order valence-electron chi connectivity index (χ0n) is 11.1. The average molecular weight is 241 g/mol. The molecule has 3 rings (SSSR count). The lowest BCUT2D eigenvalue weighted by Crippen LogP contribution is -2.32. The third kappa shape index (κ3) is 1.66. The van der Waals surface area contributed by atoms with E-state index in [9.17, 15) is 0 Å². The summed E-state index contributed by atoms with van der Waals surface area (Å²) < 4.78 is 1.95. The minimum atomic E-state index is 0.422. The summed E-state index contributed by atoms with van der Waals surface area (Å²) in [5, 5.41) is 7.96. The van der Waals surface area contributed by atoms with Gasteiger partial charge in [-0.1, -0.05) is 24.3 Å². The van der Waals surface area contributed by atoms with Crippen molar-refractivity contribution in [3.63, 3.8) is 0 Å². The van der Waals surface area contributed by atoms with E-state index in [1.807, 2.05) is 17.9 Å². The number of nitrogens with one attached hydrogen (secondary N) is 1. The molecule has 3 heteroatoms. The van der Waals surface area contributed by atoms with Gasteiger partial charge in [-0.2, -0.15) is 5.10 Å². The van der Waals surface area contributed by atoms with Crippen LogP contribution >= 0.6 is 0 Å². The molecule has 0 fully saturated rings. The first-order valence-corrected chi connectivity index (χ1v) is 6.49. The molecule has 1 aromatic heterocycles. The monoisotopic (exact) mass is 241 g/mol. The second-order valence-electron chi connectivity index (χ2n) is 5.12. The molecule has 0 saturated carbocycles. The topological polar surface area (TPSA) is 29.9 Å². The fraction of sp³-hybridized carbons (Fsp3) is 0.400. The maximum atomic E-state index is 4.37. The number of rotatable bonds is 1. The molecule has 1 N–H and O–H groups in total. The standard InChI is InChI=1S/C15H19N3/c1-10-12-6-4-5-7-13(12)15(8-16-10)14-9-17-18(3)11(14)2/h4-7,9-10,15-16H,8H2,1-3H3. The highest BCUT2D eigenvalue weighted by Crippen LogP contribution is 2.35. The molecule has 2 atom stereocenters. The molecule has 3 nitrogen and oxygen atoms in total. The lowest BCUT2D eigenvalue weighted by atomic mass is 9.83. The maximum absolute atomic E-state index is 4.37. The molecule has 0 aliphatic carbocycles. The first kappa shape index (κ1) is 11.5. The molecule has 1 aliphatic heterocycles. The van der Waals surface area contributed by atoms with Crippen molar-refractivity contribution in [2.75, 3.05) is 6.54 Å². The van der Waals surface area contributed by atoms with Gasteiger partial charge in [-0.15, -0.1) is 0 Å². The third-order valence-electron chi connectivity index (χ3n) is 4.11. The summed E-state index contributed by atoms with van der Waals surface area (Å²) in [6, 6.07) is 9.18. The lowest BCUT2D eigenvalue weighted by Gasteiger charge is -2.31. The first-order chi connectivity index (χ1) is 8.68. The highest BCUT2D eigenvalue weighted by molar-refractivity contribution is 5.42. The van der Waals surface area contributed by atoms with Crippen LogP contribution in [0.5, 0.6) is 0 Å². The number of hydrogen-bond donors (Lipinski definition) is 1. The largest absolute Gasteiger partial charge is 0.309 e. The Kier molecular flexibility index (Phi) is 2.71. The highest BCUT2D eigenvalue weighted by atomic mass is 15.3. The van der Waals surface area contributed by atoms with Gasteiger partial charge in [0, 0.05) is 36.8 Å². The molecule has 0 saturated heterocycles. The van der Waals surface area contributed by atoms with Crippen LogP contribution in [0, 0.1) is 6.92 Å². The van der Waals surface area contributed by atoms with Gasteiger partial charge in [-0.3, -0.25) is 4.68 Å². The van der Waals surface area contributed by atoms with Gasteiger partial charge in [-0.05, 0) is 25.0 Å². The number of aryl methyl sites for hydroxylation is 1. The SMILES string of the molecule is Cc1c(C2CNC(C)c3ccccc32)cnn1C. The number of aromatic nitrogens is 2. The van der Waals surface area contributed by atoms with Crippen LogP contribution in [0.25, 0.3) is 0 Å². The van der Waals surface area contributed by atoms with Crippen LogP contribution < -0.4 is 5.32 Å². The van der Waals surface area contributed by atoms with E-state index in [4.69, 9.17) is 0 Å². The van der Waals surface area contributed by atoms with Gasteiger partial charge in [0.25, 0.3) is 0 Å². The highest BCUT2D eigenvalue weighted by Gasteiger charge is 2.27. The van der Waals surface area contributed by atoms with Crippen LogP contribution in [0.2, 0.25) is 0 Å². The van der Waals surface area contributed by atoms with Crippen LogP contribution in [0.4, 0.5) is 0 Å². The molecule has 0 radical (unpaired) electrons. The summed E-state index contributed by atoms with van der Waals surface area (Å²) in [6.07, 6.45) is 2.01. The van der Waals surface area contributed by atoms with E-state index in [0.717, 1.165) is 6.54 Å². The van der Waals surface area contributed by atoms with Gasteiger partial charge in [0.05, 0.1) is 6.20 Å². The summed E-state index contributed by atoms with van der Waals surface area (Å²) in [6.45, 7) is 5.36. The normalized spacial score (nSPS) is 22.8. The fourth-order valence-electron chi connectivity index (χ4n) is 2.87. The Morgan fingerprint density at radius 2 is 1.94 bits per heavy atom. The van der Waals surface area contributed by atoms with Gasteiger partial charge >= 0.3 is 0 Å². The van der Waals surface area contributed by atoms with Gasteiger partial charge in [0.1, 0.15) is 0 Å². The number of nitrogens with zero attached hydrogens (tertiary/aromatic N) is 2. The van der Waals surface area contributed by atoms with Crippen molar-refractivity contribution >= 4 is 0 Å². The smallest absolute Gasteiger partial charge is 0.0531 e. The second kappa shape index (κ2) is 4.25. The van der Waals surface area contributed by atoms with Crippen molar-refractivity contribution in [2.24, 2.45) is 7.05 Å². The van der Waals surface area contributed by atoms with Crippen LogP contribution in [-0.2, 0) is 7.05 Å². The van der Waals surface area contributed by atoms with Crippen LogP contribution in [0.3, 0.4) is 0 Å². The van der Waals surface area contributed by atoms with Crippen molar-refractivity contribution in [2.45, 2.75) is 25.8 Å². The predicted molar refractivity (Wildman–Crippen MR) is 72.6 cm³/mol. The van der Waals surface area contributed by atoms with E-state index in [0.29, 0.717) is 12.0 Å². The van der Waals surface area contributed by atoms with E-state index < -0.39 is 0 Å². The van der Waals surface area contributed by atoms with Gasteiger partial charge in [-0.25, -0.2) is 0 Å². The molecular formula is C15H19N3. The molecular weight excluding hydrogens is 222 g/mol. The van der Waals surface area contributed by atoms with E-state index in [1.54, 1.807) is 0 Å². The first-order valence-electron chi connectivity index (χ1n) is 6.49. The molecule has 94 valence electrons. The van der Waals surface area contributed by atoms with Crippen LogP contribution in [0.1, 0.15) is 41.3 Å². The Labute approximate surface area is 108 Å². The van der Waals surface area contributed by atoms with E-state index in [-0.39, 0.29) is 0 Å². The summed E-state index contributed by atoms with van der Waals surface area (Å²) in [7, 11) is 2.00. The summed E-state index contributed by atoms with van der Waals surface area (Å²) in [5.41, 5.74) is 5.45. The van der Waals surface area contributed by atoms with E-state index in [2.05, 4.69) is 48.5 Å². The van der Waals surface area contributed by atoms with E-state index >= 15 is 0 Å². The van der Waals surface area contributed by atoms with Gasteiger partial charge < -0.3 is 5.32 Å². The zero-order chi connectivity index (χ0) is 12.7. The fourth-order valence-corrected chi connectivity index (χ4v) is 2.87. The predicted octanol–water partition coefficient (Wildman–Crippen LogP) is 2.52. The Hall–Kier alpha value is -1.61. The Morgan fingerprint density at radius 1 is 1.22 bits per heavy atom. The Bertz CT molecular complexity index is 571. The molecule has 0 bridgehead atoms. The summed E-state index contributed by atoms with van der Waals surface area (Å²) in [5.74, 6) is 0.422. The maximum Gasteiger partial charge on any atom is 0.0531 e. The second-order valence-corrected chi connectivity index (χ2v) is 5.12. The van der Waals surface area contributed by atoms with Crippen molar-refractivity contribution in [1.82, 2.24) is 15.1 Å².